The van der Waals surface area contributed by atoms with E-state index < -0.39 is 0 Å². The van der Waals surface area contributed by atoms with Crippen LogP contribution in [0.2, 0.25) is 0 Å². The molecular formula is C18H21N3O2. The van der Waals surface area contributed by atoms with Crippen molar-refractivity contribution in [1.29, 1.82) is 0 Å². The smallest absolute Gasteiger partial charge is 0.272 e. The van der Waals surface area contributed by atoms with Crippen molar-refractivity contribution in [2.45, 2.75) is 13.8 Å². The summed E-state index contributed by atoms with van der Waals surface area (Å²) in [6.07, 6.45) is 1.70. The molecular weight excluding hydrogens is 290 g/mol. The Morgan fingerprint density at radius 1 is 1.09 bits per heavy atom. The minimum atomic E-state index is -0.0359. The molecule has 0 spiro atoms. The minimum Gasteiger partial charge on any atom is -0.378 e. The van der Waals surface area contributed by atoms with Gasteiger partial charge in [0.15, 0.2) is 0 Å². The quantitative estimate of drug-likeness (QED) is 0.947. The van der Waals surface area contributed by atoms with Crippen molar-refractivity contribution in [1.82, 2.24) is 9.88 Å². The number of anilines is 2. The number of hydrogen-bond acceptors (Lipinski definition) is 4. The maximum absolute atomic E-state index is 12.3. The Morgan fingerprint density at radius 2 is 1.78 bits per heavy atom. The Labute approximate surface area is 136 Å². The summed E-state index contributed by atoms with van der Waals surface area (Å²) < 4.78 is 5.27. The van der Waals surface area contributed by atoms with Gasteiger partial charge in [0, 0.05) is 18.8 Å². The van der Waals surface area contributed by atoms with Crippen molar-refractivity contribution in [3.63, 3.8) is 0 Å². The first-order valence-electron chi connectivity index (χ1n) is 7.80. The number of aromatic nitrogens is 1. The highest BCUT2D eigenvalue weighted by atomic mass is 16.5. The molecule has 1 aliphatic rings. The number of morpholine rings is 1. The third kappa shape index (κ3) is 3.87. The molecule has 0 unspecified atom stereocenters. The third-order valence-corrected chi connectivity index (χ3v) is 3.79. The molecule has 0 radical (unpaired) electrons. The molecule has 1 amide bonds. The lowest BCUT2D eigenvalue weighted by molar-refractivity contribution is 0.0299. The van der Waals surface area contributed by atoms with Gasteiger partial charge in [-0.1, -0.05) is 6.07 Å². The Balaban J connectivity index is 1.70. The zero-order valence-corrected chi connectivity index (χ0v) is 13.5. The summed E-state index contributed by atoms with van der Waals surface area (Å²) in [7, 11) is 0. The number of rotatable bonds is 3. The van der Waals surface area contributed by atoms with Crippen LogP contribution >= 0.6 is 0 Å². The van der Waals surface area contributed by atoms with E-state index in [-0.39, 0.29) is 5.91 Å². The number of carbonyl (C=O) groups excluding carboxylic acids is 1. The van der Waals surface area contributed by atoms with Crippen molar-refractivity contribution in [3.05, 3.63) is 53.3 Å². The van der Waals surface area contributed by atoms with Crippen LogP contribution in [0.1, 0.15) is 21.6 Å². The number of nitrogens with zero attached hydrogens (tertiary/aromatic N) is 2. The van der Waals surface area contributed by atoms with E-state index in [2.05, 4.69) is 42.3 Å². The zero-order chi connectivity index (χ0) is 16.2. The second-order valence-corrected chi connectivity index (χ2v) is 5.84. The normalized spacial score (nSPS) is 14.6. The van der Waals surface area contributed by atoms with Gasteiger partial charge in [0.05, 0.1) is 25.1 Å². The second kappa shape index (κ2) is 6.79. The first-order valence-corrected chi connectivity index (χ1v) is 7.80. The fourth-order valence-electron chi connectivity index (χ4n) is 2.74. The Morgan fingerprint density at radius 3 is 2.39 bits per heavy atom. The van der Waals surface area contributed by atoms with Crippen LogP contribution in [-0.2, 0) is 4.74 Å². The molecule has 0 saturated carbocycles. The highest BCUT2D eigenvalue weighted by molar-refractivity contribution is 5.92. The average molecular weight is 311 g/mol. The van der Waals surface area contributed by atoms with Crippen molar-refractivity contribution in [3.8, 4) is 0 Å². The van der Waals surface area contributed by atoms with Crippen LogP contribution in [0.3, 0.4) is 0 Å². The van der Waals surface area contributed by atoms with Crippen molar-refractivity contribution in [2.24, 2.45) is 0 Å². The Kier molecular flexibility index (Phi) is 4.57. The molecule has 2 aromatic rings. The molecule has 1 fully saturated rings. The van der Waals surface area contributed by atoms with Gasteiger partial charge in [0.25, 0.3) is 5.91 Å². The fraction of sp³-hybridized carbons (Fsp3) is 0.333. The van der Waals surface area contributed by atoms with Crippen LogP contribution in [0.25, 0.3) is 0 Å². The topological polar surface area (TPSA) is 54.5 Å². The van der Waals surface area contributed by atoms with Crippen LogP contribution in [0.4, 0.5) is 11.4 Å². The number of ether oxygens (including phenoxy) is 1. The highest BCUT2D eigenvalue weighted by Crippen LogP contribution is 2.19. The highest BCUT2D eigenvalue weighted by Gasteiger charge is 2.19. The van der Waals surface area contributed by atoms with Gasteiger partial charge < -0.3 is 15.0 Å². The first-order chi connectivity index (χ1) is 11.1. The van der Waals surface area contributed by atoms with Gasteiger partial charge in [-0.05, 0) is 49.2 Å². The second-order valence-electron chi connectivity index (χ2n) is 5.84. The molecule has 1 N–H and O–H groups in total. The van der Waals surface area contributed by atoms with E-state index >= 15 is 0 Å². The fourth-order valence-corrected chi connectivity index (χ4v) is 2.74. The lowest BCUT2D eigenvalue weighted by atomic mass is 10.1. The standard InChI is InChI=1S/C18H21N3O2/c1-13-9-14(2)11-16(10-13)20-15-3-4-17(19-12-15)18(22)21-5-7-23-8-6-21/h3-4,9-12,20H,5-8H2,1-2H3. The van der Waals surface area contributed by atoms with Crippen LogP contribution in [0.5, 0.6) is 0 Å². The predicted octanol–water partition coefficient (Wildman–Crippen LogP) is 2.91. The van der Waals surface area contributed by atoms with E-state index in [9.17, 15) is 4.79 Å². The SMILES string of the molecule is Cc1cc(C)cc(Nc2ccc(C(=O)N3CCOCC3)nc2)c1. The summed E-state index contributed by atoms with van der Waals surface area (Å²) in [5.74, 6) is -0.0359. The van der Waals surface area contributed by atoms with Crippen LogP contribution in [0, 0.1) is 13.8 Å². The lowest BCUT2D eigenvalue weighted by Crippen LogP contribution is -2.41. The van der Waals surface area contributed by atoms with Gasteiger partial charge in [-0.3, -0.25) is 4.79 Å². The molecule has 3 rings (SSSR count). The van der Waals surface area contributed by atoms with Gasteiger partial charge >= 0.3 is 0 Å². The molecule has 1 saturated heterocycles. The minimum absolute atomic E-state index is 0.0359. The molecule has 0 bridgehead atoms. The lowest BCUT2D eigenvalue weighted by Gasteiger charge is -2.26. The summed E-state index contributed by atoms with van der Waals surface area (Å²) in [6.45, 7) is 6.59. The average Bonchev–Trinajstić information content (AvgIpc) is 2.55. The molecule has 5 nitrogen and oxygen atoms in total. The van der Waals surface area contributed by atoms with E-state index in [1.165, 1.54) is 11.1 Å². The molecule has 5 heteroatoms. The Hall–Kier alpha value is -2.40. The number of aryl methyl sites for hydroxylation is 2. The van der Waals surface area contributed by atoms with Crippen molar-refractivity contribution in [2.75, 3.05) is 31.6 Å². The summed E-state index contributed by atoms with van der Waals surface area (Å²) in [4.78, 5) is 18.4. The van der Waals surface area contributed by atoms with E-state index in [1.54, 1.807) is 17.2 Å². The van der Waals surface area contributed by atoms with Gasteiger partial charge in [0.2, 0.25) is 0 Å². The van der Waals surface area contributed by atoms with Gasteiger partial charge in [-0.15, -0.1) is 0 Å². The predicted molar refractivity (Wildman–Crippen MR) is 90.2 cm³/mol. The molecule has 0 atom stereocenters. The number of amides is 1. The zero-order valence-electron chi connectivity index (χ0n) is 13.5. The van der Waals surface area contributed by atoms with Crippen molar-refractivity contribution >= 4 is 17.3 Å². The molecule has 0 aliphatic carbocycles. The van der Waals surface area contributed by atoms with Crippen LogP contribution < -0.4 is 5.32 Å². The number of carbonyl (C=O) groups is 1. The van der Waals surface area contributed by atoms with E-state index in [0.29, 0.717) is 32.0 Å². The van der Waals surface area contributed by atoms with Crippen LogP contribution in [0.15, 0.2) is 36.5 Å². The number of nitrogens with one attached hydrogen (secondary N) is 1. The molecule has 1 aromatic heterocycles. The number of benzene rings is 1. The largest absolute Gasteiger partial charge is 0.378 e. The maximum atomic E-state index is 12.3. The van der Waals surface area contributed by atoms with Gasteiger partial charge in [-0.2, -0.15) is 0 Å². The van der Waals surface area contributed by atoms with E-state index in [1.807, 2.05) is 6.07 Å². The number of hydrogen-bond donors (Lipinski definition) is 1. The summed E-state index contributed by atoms with van der Waals surface area (Å²) in [6, 6.07) is 9.95. The monoisotopic (exact) mass is 311 g/mol. The molecule has 2 heterocycles. The van der Waals surface area contributed by atoms with E-state index in [0.717, 1.165) is 11.4 Å². The maximum Gasteiger partial charge on any atom is 0.272 e. The van der Waals surface area contributed by atoms with Gasteiger partial charge in [0.1, 0.15) is 5.69 Å². The molecule has 120 valence electrons. The third-order valence-electron chi connectivity index (χ3n) is 3.79. The summed E-state index contributed by atoms with van der Waals surface area (Å²) in [5.41, 5.74) is 4.78. The summed E-state index contributed by atoms with van der Waals surface area (Å²) in [5, 5.41) is 3.32. The molecule has 1 aromatic carbocycles. The number of pyridine rings is 1. The van der Waals surface area contributed by atoms with E-state index in [4.69, 9.17) is 4.74 Å². The van der Waals surface area contributed by atoms with Crippen LogP contribution in [-0.4, -0.2) is 42.1 Å². The summed E-state index contributed by atoms with van der Waals surface area (Å²) >= 11 is 0. The Bertz CT molecular complexity index is 672. The van der Waals surface area contributed by atoms with Crippen molar-refractivity contribution < 1.29 is 9.53 Å². The molecule has 1 aliphatic heterocycles. The van der Waals surface area contributed by atoms with Gasteiger partial charge in [-0.25, -0.2) is 4.98 Å². The molecule has 23 heavy (non-hydrogen) atoms. The first kappa shape index (κ1) is 15.5.